The topological polar surface area (TPSA) is 159 Å². The summed E-state index contributed by atoms with van der Waals surface area (Å²) in [6, 6.07) is 14.1. The van der Waals surface area contributed by atoms with Crippen molar-refractivity contribution >= 4 is 27.7 Å². The summed E-state index contributed by atoms with van der Waals surface area (Å²) in [7, 11) is -3.11. The molecule has 0 spiro atoms. The third kappa shape index (κ3) is 3.75. The van der Waals surface area contributed by atoms with Crippen molar-refractivity contribution in [1.82, 2.24) is 10.3 Å². The lowest BCUT2D eigenvalue weighted by molar-refractivity contribution is -0.121. The Morgan fingerprint density at radius 3 is 2.53 bits per heavy atom. The molecule has 0 saturated heterocycles. The Balaban J connectivity index is 2.05. The van der Waals surface area contributed by atoms with Crippen LogP contribution in [-0.2, 0) is 20.4 Å². The number of nitrogens with one attached hydrogen (secondary N) is 1. The smallest absolute Gasteiger partial charge is 0.406 e. The Bertz CT molecular complexity index is 1500. The normalized spacial score (nSPS) is 16.7. The molecular formula is C24H20N4O7S. The maximum atomic E-state index is 14.1. The number of fused-ring (bicyclic) bond motifs is 1. The molecule has 12 heteroatoms. The van der Waals surface area contributed by atoms with Gasteiger partial charge in [0.25, 0.3) is 15.9 Å². The van der Waals surface area contributed by atoms with E-state index in [0.717, 1.165) is 0 Å². The van der Waals surface area contributed by atoms with Gasteiger partial charge in [0.15, 0.2) is 5.54 Å². The first-order valence-electron chi connectivity index (χ1n) is 10.6. The van der Waals surface area contributed by atoms with E-state index in [2.05, 4.69) is 10.3 Å². The summed E-state index contributed by atoms with van der Waals surface area (Å²) >= 11 is 0. The van der Waals surface area contributed by atoms with Gasteiger partial charge < -0.3 is 14.6 Å². The number of hydrogen-bond acceptors (Lipinski definition) is 8. The number of pyridine rings is 1. The fourth-order valence-electron chi connectivity index (χ4n) is 4.09. The van der Waals surface area contributed by atoms with E-state index >= 15 is 0 Å². The number of anilines is 1. The van der Waals surface area contributed by atoms with Gasteiger partial charge in [-0.25, -0.2) is 18.2 Å². The van der Waals surface area contributed by atoms with Crippen molar-refractivity contribution < 1.29 is 32.6 Å². The molecule has 0 saturated carbocycles. The van der Waals surface area contributed by atoms with Gasteiger partial charge >= 0.3 is 6.09 Å². The van der Waals surface area contributed by atoms with Crippen molar-refractivity contribution in [2.45, 2.75) is 17.4 Å². The van der Waals surface area contributed by atoms with E-state index in [1.165, 1.54) is 67.9 Å². The molecule has 2 aromatic carbocycles. The quantitative estimate of drug-likeness (QED) is 0.489. The zero-order chi connectivity index (χ0) is 26.1. The largest absolute Gasteiger partial charge is 0.497 e. The Morgan fingerprint density at radius 1 is 1.19 bits per heavy atom. The van der Waals surface area contributed by atoms with Gasteiger partial charge in [0, 0.05) is 11.8 Å². The zero-order valence-corrected chi connectivity index (χ0v) is 19.9. The second-order valence-electron chi connectivity index (χ2n) is 7.56. The predicted octanol–water partition coefficient (Wildman–Crippen LogP) is 2.61. The van der Waals surface area contributed by atoms with Crippen LogP contribution >= 0.6 is 0 Å². The van der Waals surface area contributed by atoms with Crippen LogP contribution in [0.25, 0.3) is 0 Å². The number of aromatic nitrogens is 1. The molecule has 1 aliphatic heterocycles. The first kappa shape index (κ1) is 24.5. The van der Waals surface area contributed by atoms with Crippen LogP contribution in [0.1, 0.15) is 23.6 Å². The van der Waals surface area contributed by atoms with E-state index in [-0.39, 0.29) is 39.8 Å². The molecule has 2 amide bonds. The number of nitrogens with zero attached hydrogens (tertiary/aromatic N) is 3. The van der Waals surface area contributed by atoms with E-state index in [1.54, 1.807) is 6.92 Å². The highest BCUT2D eigenvalue weighted by molar-refractivity contribution is 7.93. The third-order valence-corrected chi connectivity index (χ3v) is 7.31. The molecule has 0 bridgehead atoms. The van der Waals surface area contributed by atoms with E-state index in [0.29, 0.717) is 10.1 Å². The van der Waals surface area contributed by atoms with Crippen LogP contribution in [0, 0.1) is 11.3 Å². The van der Waals surface area contributed by atoms with Crippen LogP contribution < -0.4 is 19.1 Å². The summed E-state index contributed by atoms with van der Waals surface area (Å²) in [4.78, 5) is 30.1. The lowest BCUT2D eigenvalue weighted by Crippen LogP contribution is -2.54. The number of hydrogen-bond donors (Lipinski definition) is 2. The van der Waals surface area contributed by atoms with E-state index < -0.39 is 27.6 Å². The Morgan fingerprint density at radius 2 is 1.92 bits per heavy atom. The number of carboxylic acid groups (broad SMARTS) is 1. The summed E-state index contributed by atoms with van der Waals surface area (Å²) in [5.41, 5.74) is -2.38. The fraction of sp³-hybridized carbons (Fsp3) is 0.167. The first-order valence-corrected chi connectivity index (χ1v) is 12.0. The Kier molecular flexibility index (Phi) is 6.26. The molecule has 0 radical (unpaired) electrons. The monoisotopic (exact) mass is 508 g/mol. The second kappa shape index (κ2) is 9.20. The van der Waals surface area contributed by atoms with Gasteiger partial charge in [-0.3, -0.25) is 10.1 Å². The van der Waals surface area contributed by atoms with E-state index in [9.17, 15) is 28.4 Å². The Hall–Kier alpha value is -4.63. The lowest BCUT2D eigenvalue weighted by atomic mass is 9.83. The summed E-state index contributed by atoms with van der Waals surface area (Å²) < 4.78 is 38.7. The van der Waals surface area contributed by atoms with Crippen molar-refractivity contribution in [3.8, 4) is 17.7 Å². The van der Waals surface area contributed by atoms with Gasteiger partial charge in [0.2, 0.25) is 5.88 Å². The minimum Gasteiger partial charge on any atom is -0.497 e. The van der Waals surface area contributed by atoms with Crippen LogP contribution in [0.5, 0.6) is 11.6 Å². The van der Waals surface area contributed by atoms with Crippen molar-refractivity contribution in [2.24, 2.45) is 0 Å². The number of nitriles is 1. The van der Waals surface area contributed by atoms with Crippen molar-refractivity contribution in [3.05, 3.63) is 77.5 Å². The molecule has 2 N–H and O–H groups in total. The minimum atomic E-state index is -4.53. The molecule has 1 atom stereocenters. The number of carbonyl (C=O) groups excluding carboxylic acids is 1. The maximum absolute atomic E-state index is 14.1. The highest BCUT2D eigenvalue weighted by atomic mass is 32.2. The first-order chi connectivity index (χ1) is 17.2. The minimum absolute atomic E-state index is 0.0250. The zero-order valence-electron chi connectivity index (χ0n) is 19.1. The van der Waals surface area contributed by atoms with Gasteiger partial charge in [-0.1, -0.05) is 0 Å². The second-order valence-corrected chi connectivity index (χ2v) is 9.35. The number of amides is 2. The average molecular weight is 509 g/mol. The predicted molar refractivity (Wildman–Crippen MR) is 126 cm³/mol. The fourth-order valence-corrected chi connectivity index (χ4v) is 5.55. The van der Waals surface area contributed by atoms with Gasteiger partial charge in [0.05, 0.1) is 41.5 Å². The van der Waals surface area contributed by atoms with E-state index in [4.69, 9.17) is 9.47 Å². The highest BCUT2D eigenvalue weighted by Gasteiger charge is 2.58. The highest BCUT2D eigenvalue weighted by Crippen LogP contribution is 2.49. The number of carbonyl (C=O) groups is 2. The molecule has 1 unspecified atom stereocenters. The van der Waals surface area contributed by atoms with Gasteiger partial charge in [0.1, 0.15) is 5.75 Å². The van der Waals surface area contributed by atoms with Crippen LogP contribution in [0.2, 0.25) is 0 Å². The molecule has 36 heavy (non-hydrogen) atoms. The number of ether oxygens (including phenoxy) is 2. The lowest BCUT2D eigenvalue weighted by Gasteiger charge is -2.30. The summed E-state index contributed by atoms with van der Waals surface area (Å²) in [5.74, 6) is -0.793. The van der Waals surface area contributed by atoms with Gasteiger partial charge in [-0.05, 0) is 61.5 Å². The maximum Gasteiger partial charge on any atom is 0.406 e. The number of benzene rings is 2. The molecule has 4 rings (SSSR count). The van der Waals surface area contributed by atoms with Crippen molar-refractivity contribution in [2.75, 3.05) is 18.0 Å². The average Bonchev–Trinajstić information content (AvgIpc) is 3.12. The molecule has 11 nitrogen and oxygen atoms in total. The molecule has 0 fully saturated rings. The summed E-state index contributed by atoms with van der Waals surface area (Å²) in [5, 5.41) is 21.5. The van der Waals surface area contributed by atoms with E-state index in [1.807, 2.05) is 6.07 Å². The number of rotatable bonds is 7. The third-order valence-electron chi connectivity index (χ3n) is 5.60. The van der Waals surface area contributed by atoms with Gasteiger partial charge in [-0.2, -0.15) is 9.57 Å². The van der Waals surface area contributed by atoms with Crippen LogP contribution in [-0.4, -0.2) is 44.2 Å². The standard InChI is InChI=1S/C24H20N4O7S/c1-3-35-21-18(5-4-12-26-21)24(27-23(30)31)19-13-15(14-25)6-11-20(19)28(22(24)29)36(32,33)17-9-7-16(34-2)8-10-17/h4-13,27H,3H2,1-2H3,(H,30,31). The SMILES string of the molecule is CCOc1ncccc1C1(NC(=O)O)C(=O)N(S(=O)(=O)c2ccc(OC)cc2)c2ccc(C#N)cc21. The molecule has 1 aromatic heterocycles. The molecule has 3 aromatic rings. The molecule has 0 aliphatic carbocycles. The molecule has 2 heterocycles. The number of methoxy groups -OCH3 is 1. The van der Waals surface area contributed by atoms with Crippen molar-refractivity contribution in [3.63, 3.8) is 0 Å². The molecule has 1 aliphatic rings. The van der Waals surface area contributed by atoms with Crippen molar-refractivity contribution in [1.29, 1.82) is 5.26 Å². The summed E-state index contributed by atoms with van der Waals surface area (Å²) in [6.45, 7) is 1.81. The van der Waals surface area contributed by atoms with Gasteiger partial charge in [-0.15, -0.1) is 0 Å². The summed E-state index contributed by atoms with van der Waals surface area (Å²) in [6.07, 6.45) is -0.215. The van der Waals surface area contributed by atoms with Crippen LogP contribution in [0.4, 0.5) is 10.5 Å². The Labute approximate surface area is 206 Å². The van der Waals surface area contributed by atoms with Crippen LogP contribution in [0.15, 0.2) is 65.7 Å². The molecule has 184 valence electrons. The molecular weight excluding hydrogens is 488 g/mol. The number of sulfonamides is 1. The van der Waals surface area contributed by atoms with Crippen LogP contribution in [0.3, 0.4) is 0 Å².